The molecule has 0 unspecified atom stereocenters. The molecule has 66 valence electrons. The second kappa shape index (κ2) is 3.31. The van der Waals surface area contributed by atoms with Crippen LogP contribution in [-0.4, -0.2) is 29.1 Å². The first-order valence-electron chi connectivity index (χ1n) is 3.46. The number of hydrogen-bond acceptors (Lipinski definition) is 1. The molecule has 1 heterocycles. The molecule has 0 bridgehead atoms. The Morgan fingerprint density at radius 2 is 2.00 bits per heavy atom. The molecule has 1 rings (SSSR count). The van der Waals surface area contributed by atoms with Crippen LogP contribution in [0.25, 0.3) is 0 Å². The summed E-state index contributed by atoms with van der Waals surface area (Å²) in [5.74, 6) is 0. The number of alkyl halides is 4. The van der Waals surface area contributed by atoms with Crippen LogP contribution in [0, 0.1) is 0 Å². The summed E-state index contributed by atoms with van der Waals surface area (Å²) in [6, 6.07) is 0. The summed E-state index contributed by atoms with van der Waals surface area (Å²) in [6.45, 7) is 0.231. The van der Waals surface area contributed by atoms with Crippen LogP contribution in [0.15, 0.2) is 0 Å². The predicted octanol–water partition coefficient (Wildman–Crippen LogP) is 2.37. The van der Waals surface area contributed by atoms with Crippen molar-refractivity contribution in [1.82, 2.24) is 4.90 Å². The van der Waals surface area contributed by atoms with Crippen molar-refractivity contribution in [2.45, 2.75) is 24.0 Å². The summed E-state index contributed by atoms with van der Waals surface area (Å²) in [4.78, 5) is 0.550. The zero-order chi connectivity index (χ0) is 8.48. The molecule has 0 spiro atoms. The fraction of sp³-hybridized carbons (Fsp3) is 1.00. The minimum atomic E-state index is -4.15. The van der Waals surface area contributed by atoms with Gasteiger partial charge in [-0.05, 0) is 12.8 Å². The van der Waals surface area contributed by atoms with Gasteiger partial charge in [-0.2, -0.15) is 13.2 Å². The summed E-state index contributed by atoms with van der Waals surface area (Å²) < 4.78 is 36.1. The Bertz CT molecular complexity index is 136. The molecule has 0 N–H and O–H groups in total. The number of halogens is 4. The van der Waals surface area contributed by atoms with Crippen molar-refractivity contribution in [3.63, 3.8) is 0 Å². The molecule has 1 fully saturated rings. The quantitative estimate of drug-likeness (QED) is 0.457. The zero-order valence-corrected chi connectivity index (χ0v) is 7.45. The van der Waals surface area contributed by atoms with Gasteiger partial charge in [-0.1, -0.05) is 15.9 Å². The molecule has 5 heteroatoms. The Hall–Kier alpha value is 0.230. The normalized spacial score (nSPS) is 28.9. The molecule has 0 aliphatic carbocycles. The molecule has 0 aromatic rings. The van der Waals surface area contributed by atoms with Crippen molar-refractivity contribution >= 4 is 15.9 Å². The van der Waals surface area contributed by atoms with Crippen molar-refractivity contribution in [2.24, 2.45) is 0 Å². The van der Waals surface area contributed by atoms with Crippen molar-refractivity contribution in [2.75, 3.05) is 13.1 Å². The molecule has 1 atom stereocenters. The van der Waals surface area contributed by atoms with Crippen LogP contribution in [0.5, 0.6) is 0 Å². The summed E-state index contributed by atoms with van der Waals surface area (Å²) in [5, 5.41) is 0. The van der Waals surface area contributed by atoms with E-state index in [0.29, 0.717) is 11.3 Å². The minimum Gasteiger partial charge on any atom is -0.213 e. The van der Waals surface area contributed by atoms with Gasteiger partial charge in [-0.25, -0.2) is 4.90 Å². The van der Waals surface area contributed by atoms with Gasteiger partial charge >= 0.3 is 6.30 Å². The average molecular weight is 232 g/mol. The second-order valence-electron chi connectivity index (χ2n) is 2.65. The molecule has 0 aromatic heterocycles. The Labute approximate surface area is 71.7 Å². The van der Waals surface area contributed by atoms with Crippen LogP contribution in [-0.2, 0) is 0 Å². The Balaban J connectivity index is 2.46. The topological polar surface area (TPSA) is 3.24 Å². The zero-order valence-electron chi connectivity index (χ0n) is 5.86. The lowest BCUT2D eigenvalue weighted by molar-refractivity contribution is -0.248. The van der Waals surface area contributed by atoms with E-state index in [1.165, 1.54) is 0 Å². The Morgan fingerprint density at radius 3 is 2.36 bits per heavy atom. The lowest BCUT2D eigenvalue weighted by Crippen LogP contribution is -2.45. The second-order valence-corrected chi connectivity index (χ2v) is 3.95. The molecule has 1 aliphatic heterocycles. The third-order valence-corrected chi connectivity index (χ3v) is 2.47. The van der Waals surface area contributed by atoms with Gasteiger partial charge < -0.3 is 0 Å². The molecule has 1 saturated heterocycles. The van der Waals surface area contributed by atoms with Gasteiger partial charge in [0, 0.05) is 17.9 Å². The van der Waals surface area contributed by atoms with Gasteiger partial charge in [0.25, 0.3) is 0 Å². The molecule has 0 amide bonds. The van der Waals surface area contributed by atoms with Crippen molar-refractivity contribution in [1.29, 1.82) is 0 Å². The summed E-state index contributed by atoms with van der Waals surface area (Å²) in [5.41, 5.74) is 0. The highest BCUT2D eigenvalue weighted by Gasteiger charge is 2.39. The highest BCUT2D eigenvalue weighted by Crippen LogP contribution is 2.27. The van der Waals surface area contributed by atoms with Crippen molar-refractivity contribution in [3.05, 3.63) is 0 Å². The van der Waals surface area contributed by atoms with Gasteiger partial charge in [0.2, 0.25) is 0 Å². The molecular formula is C6H9BrF3N. The maximum Gasteiger partial charge on any atom is 0.459 e. The summed E-state index contributed by atoms with van der Waals surface area (Å²) >= 11 is 3.18. The van der Waals surface area contributed by atoms with E-state index >= 15 is 0 Å². The standard InChI is InChI=1S/C6H9BrF3N/c7-5-2-1-3-11(4-5)6(8,9)10/h5H,1-4H2/t5-/m0/s1. The number of nitrogens with zero attached hydrogens (tertiary/aromatic N) is 1. The number of likely N-dealkylation sites (tertiary alicyclic amines) is 1. The first kappa shape index (κ1) is 9.32. The number of rotatable bonds is 0. The fourth-order valence-electron chi connectivity index (χ4n) is 1.16. The van der Waals surface area contributed by atoms with Crippen LogP contribution < -0.4 is 0 Å². The fourth-order valence-corrected chi connectivity index (χ4v) is 1.83. The molecule has 0 aromatic carbocycles. The lowest BCUT2D eigenvalue weighted by Gasteiger charge is -2.31. The number of piperidine rings is 1. The van der Waals surface area contributed by atoms with Gasteiger partial charge in [0.05, 0.1) is 0 Å². The van der Waals surface area contributed by atoms with E-state index in [1.807, 2.05) is 0 Å². The first-order chi connectivity index (χ1) is 5.00. The minimum absolute atomic E-state index is 0.00197. The van der Waals surface area contributed by atoms with Crippen LogP contribution in [0.3, 0.4) is 0 Å². The van der Waals surface area contributed by atoms with Crippen LogP contribution in [0.1, 0.15) is 12.8 Å². The molecule has 1 nitrogen and oxygen atoms in total. The van der Waals surface area contributed by atoms with E-state index in [9.17, 15) is 13.2 Å². The van der Waals surface area contributed by atoms with E-state index < -0.39 is 6.30 Å². The molecule has 0 saturated carbocycles. The average Bonchev–Trinajstić information content (AvgIpc) is 1.86. The van der Waals surface area contributed by atoms with E-state index in [1.54, 1.807) is 0 Å². The monoisotopic (exact) mass is 231 g/mol. The molecule has 11 heavy (non-hydrogen) atoms. The Kier molecular flexibility index (Phi) is 2.80. The largest absolute Gasteiger partial charge is 0.459 e. The third kappa shape index (κ3) is 2.63. The van der Waals surface area contributed by atoms with Crippen LogP contribution >= 0.6 is 15.9 Å². The number of hydrogen-bond donors (Lipinski definition) is 0. The summed E-state index contributed by atoms with van der Waals surface area (Å²) in [6.07, 6.45) is -2.69. The van der Waals surface area contributed by atoms with E-state index in [-0.39, 0.29) is 17.9 Å². The first-order valence-corrected chi connectivity index (χ1v) is 4.37. The van der Waals surface area contributed by atoms with Crippen molar-refractivity contribution in [3.8, 4) is 0 Å². The SMILES string of the molecule is FC(F)(F)N1CCC[C@H](Br)C1. The maximum atomic E-state index is 12.0. The smallest absolute Gasteiger partial charge is 0.213 e. The van der Waals surface area contributed by atoms with Crippen molar-refractivity contribution < 1.29 is 13.2 Å². The Morgan fingerprint density at radius 1 is 1.36 bits per heavy atom. The lowest BCUT2D eigenvalue weighted by atomic mass is 10.1. The molecule has 0 radical (unpaired) electrons. The highest BCUT2D eigenvalue weighted by molar-refractivity contribution is 9.09. The van der Waals surface area contributed by atoms with Gasteiger partial charge in [-0.3, -0.25) is 0 Å². The maximum absolute atomic E-state index is 12.0. The van der Waals surface area contributed by atoms with Crippen LogP contribution in [0.2, 0.25) is 0 Å². The van der Waals surface area contributed by atoms with Gasteiger partial charge in [0.1, 0.15) is 0 Å². The van der Waals surface area contributed by atoms with Gasteiger partial charge in [-0.15, -0.1) is 0 Å². The molecular weight excluding hydrogens is 223 g/mol. The summed E-state index contributed by atoms with van der Waals surface area (Å²) in [7, 11) is 0. The van der Waals surface area contributed by atoms with E-state index in [4.69, 9.17) is 0 Å². The van der Waals surface area contributed by atoms with E-state index in [2.05, 4.69) is 15.9 Å². The predicted molar refractivity (Wildman–Crippen MR) is 39.6 cm³/mol. The van der Waals surface area contributed by atoms with Crippen LogP contribution in [0.4, 0.5) is 13.2 Å². The highest BCUT2D eigenvalue weighted by atomic mass is 79.9. The third-order valence-electron chi connectivity index (χ3n) is 1.72. The van der Waals surface area contributed by atoms with Gasteiger partial charge in [0.15, 0.2) is 0 Å². The molecule has 1 aliphatic rings. The van der Waals surface area contributed by atoms with E-state index in [0.717, 1.165) is 6.42 Å².